The van der Waals surface area contributed by atoms with E-state index >= 15 is 0 Å². The molecule has 11 nitrogen and oxygen atoms in total. The van der Waals surface area contributed by atoms with Gasteiger partial charge in [-0.3, -0.25) is 19.5 Å². The number of thiazole rings is 1. The van der Waals surface area contributed by atoms with Crippen LogP contribution in [0.2, 0.25) is 0 Å². The number of anilines is 2. The molecular formula is C23H28N10OS. The molecule has 1 fully saturated rings. The van der Waals surface area contributed by atoms with Crippen LogP contribution >= 0.6 is 11.3 Å². The summed E-state index contributed by atoms with van der Waals surface area (Å²) in [6.07, 6.45) is 1.46. The number of rotatable bonds is 5. The van der Waals surface area contributed by atoms with Crippen molar-refractivity contribution in [2.75, 3.05) is 42.6 Å². The number of benzene rings is 1. The molecule has 1 unspecified atom stereocenters. The van der Waals surface area contributed by atoms with Crippen LogP contribution < -0.4 is 21.4 Å². The molecule has 182 valence electrons. The van der Waals surface area contributed by atoms with Gasteiger partial charge in [-0.1, -0.05) is 17.7 Å². The van der Waals surface area contributed by atoms with E-state index in [0.29, 0.717) is 29.5 Å². The van der Waals surface area contributed by atoms with E-state index in [4.69, 9.17) is 15.8 Å². The van der Waals surface area contributed by atoms with Crippen LogP contribution in [-0.2, 0) is 6.54 Å². The Morgan fingerprint density at radius 2 is 1.91 bits per heavy atom. The highest BCUT2D eigenvalue weighted by molar-refractivity contribution is 7.11. The summed E-state index contributed by atoms with van der Waals surface area (Å²) in [6.45, 7) is 9.15. The third-order valence-corrected chi connectivity index (χ3v) is 7.55. The molecule has 4 aromatic rings. The van der Waals surface area contributed by atoms with Crippen LogP contribution in [0, 0.1) is 6.92 Å². The van der Waals surface area contributed by atoms with Crippen molar-refractivity contribution in [3.8, 4) is 0 Å². The zero-order valence-electron chi connectivity index (χ0n) is 19.8. The topological polar surface area (TPSA) is 116 Å². The van der Waals surface area contributed by atoms with E-state index in [1.807, 2.05) is 12.3 Å². The lowest BCUT2D eigenvalue weighted by molar-refractivity contribution is 0.248. The molecule has 12 heteroatoms. The Bertz CT molecular complexity index is 1420. The van der Waals surface area contributed by atoms with Crippen molar-refractivity contribution in [3.63, 3.8) is 0 Å². The smallest absolute Gasteiger partial charge is 0.343 e. The van der Waals surface area contributed by atoms with Crippen molar-refractivity contribution in [2.24, 2.45) is 10.8 Å². The largest absolute Gasteiger partial charge is 0.369 e. The van der Waals surface area contributed by atoms with Gasteiger partial charge in [0.15, 0.2) is 5.82 Å². The summed E-state index contributed by atoms with van der Waals surface area (Å²) in [4.78, 5) is 31.6. The van der Waals surface area contributed by atoms with Gasteiger partial charge in [0.1, 0.15) is 22.6 Å². The number of aliphatic imine (C=N–C) groups is 1. The lowest BCUT2D eigenvalue weighted by Crippen LogP contribution is -2.47. The van der Waals surface area contributed by atoms with Crippen molar-refractivity contribution in [2.45, 2.75) is 26.6 Å². The van der Waals surface area contributed by atoms with Gasteiger partial charge in [-0.15, -0.1) is 11.3 Å². The Labute approximate surface area is 206 Å². The maximum atomic E-state index is 12.9. The van der Waals surface area contributed by atoms with E-state index in [1.54, 1.807) is 15.3 Å². The molecule has 2 aliphatic rings. The standard InChI is InChI=1S/C23H28N10OS/c1-15-3-5-17(6-4-15)30-11-8-29(9-12-30)10-13-31-22-27-20-19(33(22)28-23(31)34)18(21-25-7-14-35-21)26-16(2)32(20)24/h3-7,14,16H,8-13,24H2,1-2H3,(H,28,34). The van der Waals surface area contributed by atoms with Gasteiger partial charge < -0.3 is 4.90 Å². The molecule has 0 radical (unpaired) electrons. The van der Waals surface area contributed by atoms with Gasteiger partial charge >= 0.3 is 5.69 Å². The number of H-pyrrole nitrogens is 1. The first-order chi connectivity index (χ1) is 17.0. The van der Waals surface area contributed by atoms with Gasteiger partial charge in [0, 0.05) is 56.5 Å². The van der Waals surface area contributed by atoms with Crippen molar-refractivity contribution in [3.05, 3.63) is 62.6 Å². The van der Waals surface area contributed by atoms with Crippen molar-refractivity contribution in [1.82, 2.24) is 29.0 Å². The fourth-order valence-corrected chi connectivity index (χ4v) is 5.37. The molecule has 1 saturated heterocycles. The Kier molecular flexibility index (Phi) is 5.43. The van der Waals surface area contributed by atoms with Gasteiger partial charge in [-0.05, 0) is 26.0 Å². The molecule has 3 aromatic heterocycles. The third kappa shape index (κ3) is 3.83. The number of aryl methyl sites for hydroxylation is 1. The van der Waals surface area contributed by atoms with Gasteiger partial charge in [-0.2, -0.15) is 4.98 Å². The second-order valence-electron chi connectivity index (χ2n) is 9.01. The molecule has 6 rings (SSSR count). The van der Waals surface area contributed by atoms with Crippen LogP contribution in [0.5, 0.6) is 0 Å². The average molecular weight is 493 g/mol. The van der Waals surface area contributed by atoms with E-state index in [0.717, 1.165) is 37.7 Å². The summed E-state index contributed by atoms with van der Waals surface area (Å²) in [5, 5.41) is 7.14. The molecule has 0 amide bonds. The number of nitrogens with two attached hydrogens (primary N) is 1. The number of aromatic amines is 1. The Morgan fingerprint density at radius 1 is 1.14 bits per heavy atom. The fourth-order valence-electron chi connectivity index (χ4n) is 4.74. The number of hydrogen-bond acceptors (Lipinski definition) is 9. The van der Waals surface area contributed by atoms with Crippen molar-refractivity contribution >= 4 is 34.3 Å². The minimum Gasteiger partial charge on any atom is -0.369 e. The second-order valence-corrected chi connectivity index (χ2v) is 9.90. The molecule has 1 atom stereocenters. The number of aromatic nitrogens is 5. The van der Waals surface area contributed by atoms with Crippen LogP contribution in [0.1, 0.15) is 23.2 Å². The van der Waals surface area contributed by atoms with Gasteiger partial charge in [0.05, 0.1) is 0 Å². The SMILES string of the molecule is Cc1ccc(N2CCN(CCn3c(=O)[nH]n4c5c(nc34)N(N)C(C)N=C5c3nccs3)CC2)cc1. The molecule has 5 heterocycles. The van der Waals surface area contributed by atoms with Gasteiger partial charge in [0.25, 0.3) is 0 Å². The number of nitrogens with zero attached hydrogens (tertiary/aromatic N) is 8. The molecular weight excluding hydrogens is 464 g/mol. The van der Waals surface area contributed by atoms with Crippen LogP contribution in [0.15, 0.2) is 45.6 Å². The van der Waals surface area contributed by atoms with Crippen LogP contribution in [0.25, 0.3) is 5.78 Å². The van der Waals surface area contributed by atoms with Crippen LogP contribution in [0.4, 0.5) is 11.5 Å². The van der Waals surface area contributed by atoms with E-state index in [-0.39, 0.29) is 11.9 Å². The van der Waals surface area contributed by atoms with Crippen molar-refractivity contribution < 1.29 is 0 Å². The number of imidazole rings is 1. The highest BCUT2D eigenvalue weighted by atomic mass is 32.1. The molecule has 0 aliphatic carbocycles. The summed E-state index contributed by atoms with van der Waals surface area (Å²) in [5.74, 6) is 7.42. The minimum atomic E-state index is -0.286. The summed E-state index contributed by atoms with van der Waals surface area (Å²) < 4.78 is 3.38. The number of nitrogens with one attached hydrogen (secondary N) is 1. The van der Waals surface area contributed by atoms with E-state index < -0.39 is 0 Å². The maximum Gasteiger partial charge on any atom is 0.343 e. The zero-order chi connectivity index (χ0) is 24.1. The first-order valence-corrected chi connectivity index (χ1v) is 12.6. The molecule has 3 N–H and O–H groups in total. The molecule has 0 bridgehead atoms. The van der Waals surface area contributed by atoms with Crippen LogP contribution in [0.3, 0.4) is 0 Å². The normalized spacial score (nSPS) is 18.8. The predicted octanol–water partition coefficient (Wildman–Crippen LogP) is 1.29. The highest BCUT2D eigenvalue weighted by Crippen LogP contribution is 2.29. The Hall–Kier alpha value is -3.48. The van der Waals surface area contributed by atoms with E-state index in [1.165, 1.54) is 27.6 Å². The summed E-state index contributed by atoms with van der Waals surface area (Å²) in [6, 6.07) is 8.69. The first kappa shape index (κ1) is 22.0. The first-order valence-electron chi connectivity index (χ1n) is 11.8. The Balaban J connectivity index is 1.21. The summed E-state index contributed by atoms with van der Waals surface area (Å²) in [7, 11) is 0. The minimum absolute atomic E-state index is 0.200. The highest BCUT2D eigenvalue weighted by Gasteiger charge is 2.32. The molecule has 0 saturated carbocycles. The fraction of sp³-hybridized carbons (Fsp3) is 0.391. The summed E-state index contributed by atoms with van der Waals surface area (Å²) in [5.41, 5.74) is 3.69. The monoisotopic (exact) mass is 492 g/mol. The molecule has 2 aliphatic heterocycles. The predicted molar refractivity (Wildman–Crippen MR) is 138 cm³/mol. The number of hydrogen-bond donors (Lipinski definition) is 2. The molecule has 1 aromatic carbocycles. The van der Waals surface area contributed by atoms with Gasteiger partial charge in [-0.25, -0.2) is 25.2 Å². The lowest BCUT2D eigenvalue weighted by Gasteiger charge is -2.36. The number of piperazine rings is 1. The Morgan fingerprint density at radius 3 is 2.63 bits per heavy atom. The maximum absolute atomic E-state index is 12.9. The third-order valence-electron chi connectivity index (χ3n) is 6.77. The van der Waals surface area contributed by atoms with E-state index in [2.05, 4.69) is 51.1 Å². The molecule has 0 spiro atoms. The second kappa shape index (κ2) is 8.63. The average Bonchev–Trinajstić information content (AvgIpc) is 3.58. The zero-order valence-corrected chi connectivity index (χ0v) is 20.6. The van der Waals surface area contributed by atoms with Gasteiger partial charge in [0.2, 0.25) is 5.78 Å². The molecule has 35 heavy (non-hydrogen) atoms. The van der Waals surface area contributed by atoms with E-state index in [9.17, 15) is 4.79 Å². The van der Waals surface area contributed by atoms with Crippen LogP contribution in [-0.4, -0.2) is 73.7 Å². The summed E-state index contributed by atoms with van der Waals surface area (Å²) >= 11 is 1.50. The number of hydrazine groups is 1. The number of fused-ring (bicyclic) bond motifs is 3. The van der Waals surface area contributed by atoms with Crippen molar-refractivity contribution in [1.29, 1.82) is 0 Å². The quantitative estimate of drug-likeness (QED) is 0.403. The lowest BCUT2D eigenvalue weighted by atomic mass is 10.2.